The Morgan fingerprint density at radius 3 is 2.53 bits per heavy atom. The zero-order valence-corrected chi connectivity index (χ0v) is 11.8. The molecule has 2 aromatic heterocycles. The van der Waals surface area contributed by atoms with E-state index in [0.717, 1.165) is 28.2 Å². The predicted molar refractivity (Wildman–Crippen MR) is 77.8 cm³/mol. The Morgan fingerprint density at radius 1 is 1.05 bits per heavy atom. The topological polar surface area (TPSA) is 30.7 Å². The number of fused-ring (bicyclic) bond motifs is 1. The monoisotopic (exact) mass is 291 g/mol. The van der Waals surface area contributed by atoms with Gasteiger partial charge in [0, 0.05) is 17.8 Å². The van der Waals surface area contributed by atoms with Crippen LogP contribution in [0.4, 0.5) is 0 Å². The van der Waals surface area contributed by atoms with Crippen molar-refractivity contribution in [2.45, 2.75) is 13.5 Å². The maximum atomic E-state index is 6.12. The molecule has 0 fully saturated rings. The summed E-state index contributed by atoms with van der Waals surface area (Å²) in [5.41, 5.74) is 2.02. The van der Waals surface area contributed by atoms with E-state index in [1.54, 1.807) is 0 Å². The third-order valence-corrected chi connectivity index (χ3v) is 3.49. The number of hydrogen-bond acceptors (Lipinski definition) is 2. The van der Waals surface area contributed by atoms with Crippen LogP contribution in [0.1, 0.15) is 11.4 Å². The number of benzene rings is 1. The van der Waals surface area contributed by atoms with Gasteiger partial charge in [0.15, 0.2) is 0 Å². The number of aryl methyl sites for hydroxylation is 1. The van der Waals surface area contributed by atoms with Gasteiger partial charge in [-0.25, -0.2) is 9.97 Å². The van der Waals surface area contributed by atoms with Gasteiger partial charge >= 0.3 is 0 Å². The first-order valence-corrected chi connectivity index (χ1v) is 6.62. The molecular formula is C14H11Cl2N3. The van der Waals surface area contributed by atoms with Gasteiger partial charge in [0.05, 0.1) is 5.39 Å². The van der Waals surface area contributed by atoms with Gasteiger partial charge in [-0.3, -0.25) is 0 Å². The molecule has 0 aliphatic heterocycles. The zero-order chi connectivity index (χ0) is 13.4. The normalized spacial score (nSPS) is 11.1. The molecule has 0 radical (unpaired) electrons. The second-order valence-electron chi connectivity index (χ2n) is 4.37. The second kappa shape index (κ2) is 4.83. The van der Waals surface area contributed by atoms with Crippen molar-refractivity contribution < 1.29 is 0 Å². The van der Waals surface area contributed by atoms with Crippen LogP contribution >= 0.6 is 23.2 Å². The van der Waals surface area contributed by atoms with Crippen molar-refractivity contribution in [3.8, 4) is 0 Å². The number of hydrogen-bond donors (Lipinski definition) is 0. The molecule has 0 saturated heterocycles. The SMILES string of the molecule is Cc1nc(Cl)c2ccn(Cc3ccc(Cl)cc3)c2n1. The van der Waals surface area contributed by atoms with Crippen LogP contribution in [0.5, 0.6) is 0 Å². The van der Waals surface area contributed by atoms with Crippen LogP contribution in [0.25, 0.3) is 11.0 Å². The number of nitrogens with zero attached hydrogens (tertiary/aromatic N) is 3. The molecule has 0 bridgehead atoms. The molecule has 3 aromatic rings. The van der Waals surface area contributed by atoms with Crippen LogP contribution in [-0.2, 0) is 6.54 Å². The summed E-state index contributed by atoms with van der Waals surface area (Å²) in [6, 6.07) is 9.71. The largest absolute Gasteiger partial charge is 0.328 e. The Balaban J connectivity index is 2.03. The third-order valence-electron chi connectivity index (χ3n) is 2.95. The van der Waals surface area contributed by atoms with Crippen LogP contribution in [0.2, 0.25) is 10.2 Å². The highest BCUT2D eigenvalue weighted by Crippen LogP contribution is 2.22. The van der Waals surface area contributed by atoms with E-state index >= 15 is 0 Å². The Kier molecular flexibility index (Phi) is 3.17. The lowest BCUT2D eigenvalue weighted by Crippen LogP contribution is -2.00. The average Bonchev–Trinajstić information content (AvgIpc) is 2.76. The van der Waals surface area contributed by atoms with E-state index in [0.29, 0.717) is 11.0 Å². The Labute approximate surface area is 120 Å². The van der Waals surface area contributed by atoms with Gasteiger partial charge in [0.25, 0.3) is 0 Å². The van der Waals surface area contributed by atoms with Crippen LogP contribution < -0.4 is 0 Å². The van der Waals surface area contributed by atoms with Crippen LogP contribution in [0, 0.1) is 6.92 Å². The van der Waals surface area contributed by atoms with Gasteiger partial charge in [-0.2, -0.15) is 0 Å². The van der Waals surface area contributed by atoms with Crippen LogP contribution in [-0.4, -0.2) is 14.5 Å². The van der Waals surface area contributed by atoms with Gasteiger partial charge in [0.2, 0.25) is 0 Å². The van der Waals surface area contributed by atoms with E-state index in [4.69, 9.17) is 23.2 Å². The molecule has 0 spiro atoms. The molecule has 0 saturated carbocycles. The van der Waals surface area contributed by atoms with Crippen molar-refractivity contribution in [2.75, 3.05) is 0 Å². The highest BCUT2D eigenvalue weighted by atomic mass is 35.5. The molecule has 3 nitrogen and oxygen atoms in total. The van der Waals surface area contributed by atoms with Crippen molar-refractivity contribution >= 4 is 34.2 Å². The number of rotatable bonds is 2. The van der Waals surface area contributed by atoms with E-state index in [2.05, 4.69) is 14.5 Å². The minimum absolute atomic E-state index is 0.498. The molecule has 96 valence electrons. The second-order valence-corrected chi connectivity index (χ2v) is 5.16. The maximum absolute atomic E-state index is 6.12. The Hall–Kier alpha value is -1.58. The Bertz CT molecular complexity index is 732. The standard InChI is InChI=1S/C14H11Cl2N3/c1-9-17-13(16)12-6-7-19(14(12)18-9)8-10-2-4-11(15)5-3-10/h2-7H,8H2,1H3. The fourth-order valence-electron chi connectivity index (χ4n) is 2.04. The Morgan fingerprint density at radius 2 is 1.79 bits per heavy atom. The van der Waals surface area contributed by atoms with Gasteiger partial charge in [-0.15, -0.1) is 0 Å². The summed E-state index contributed by atoms with van der Waals surface area (Å²) in [5, 5.41) is 2.11. The molecule has 5 heteroatoms. The van der Waals surface area contributed by atoms with E-state index in [-0.39, 0.29) is 0 Å². The molecule has 0 unspecified atom stereocenters. The molecule has 0 atom stereocenters. The summed E-state index contributed by atoms with van der Waals surface area (Å²) in [6.07, 6.45) is 1.97. The van der Waals surface area contributed by atoms with Crippen LogP contribution in [0.15, 0.2) is 36.5 Å². The van der Waals surface area contributed by atoms with Gasteiger partial charge in [0.1, 0.15) is 16.6 Å². The summed E-state index contributed by atoms with van der Waals surface area (Å²) in [5.74, 6) is 0.675. The molecular weight excluding hydrogens is 281 g/mol. The van der Waals surface area contributed by atoms with Crippen LogP contribution in [0.3, 0.4) is 0 Å². The van der Waals surface area contributed by atoms with Crippen molar-refractivity contribution in [3.05, 3.63) is 58.1 Å². The first-order chi connectivity index (χ1) is 9.13. The predicted octanol–water partition coefficient (Wildman–Crippen LogP) is 4.09. The third kappa shape index (κ3) is 2.44. The van der Waals surface area contributed by atoms with Gasteiger partial charge in [-0.1, -0.05) is 35.3 Å². The fourth-order valence-corrected chi connectivity index (χ4v) is 2.44. The average molecular weight is 292 g/mol. The molecule has 2 heterocycles. The summed E-state index contributed by atoms with van der Waals surface area (Å²) >= 11 is 12.0. The molecule has 1 aromatic carbocycles. The highest BCUT2D eigenvalue weighted by Gasteiger charge is 2.08. The van der Waals surface area contributed by atoms with E-state index in [1.165, 1.54) is 0 Å². The summed E-state index contributed by atoms with van der Waals surface area (Å²) in [7, 11) is 0. The first kappa shape index (κ1) is 12.5. The van der Waals surface area contributed by atoms with Crippen molar-refractivity contribution in [2.24, 2.45) is 0 Å². The zero-order valence-electron chi connectivity index (χ0n) is 10.3. The smallest absolute Gasteiger partial charge is 0.145 e. The number of aromatic nitrogens is 3. The van der Waals surface area contributed by atoms with E-state index in [1.807, 2.05) is 43.5 Å². The summed E-state index contributed by atoms with van der Waals surface area (Å²) < 4.78 is 2.05. The van der Waals surface area contributed by atoms with Crippen molar-refractivity contribution in [1.29, 1.82) is 0 Å². The molecule has 0 aliphatic carbocycles. The molecule has 19 heavy (non-hydrogen) atoms. The fraction of sp³-hybridized carbons (Fsp3) is 0.143. The van der Waals surface area contributed by atoms with E-state index < -0.39 is 0 Å². The lowest BCUT2D eigenvalue weighted by molar-refractivity contribution is 0.820. The molecule has 0 N–H and O–H groups in total. The molecule has 0 aliphatic rings. The van der Waals surface area contributed by atoms with E-state index in [9.17, 15) is 0 Å². The minimum atomic E-state index is 0.498. The van der Waals surface area contributed by atoms with Gasteiger partial charge < -0.3 is 4.57 Å². The van der Waals surface area contributed by atoms with Crippen molar-refractivity contribution in [3.63, 3.8) is 0 Å². The first-order valence-electron chi connectivity index (χ1n) is 5.87. The van der Waals surface area contributed by atoms with Gasteiger partial charge in [-0.05, 0) is 30.7 Å². The highest BCUT2D eigenvalue weighted by molar-refractivity contribution is 6.34. The summed E-state index contributed by atoms with van der Waals surface area (Å²) in [6.45, 7) is 2.57. The molecule has 3 rings (SSSR count). The lowest BCUT2D eigenvalue weighted by Gasteiger charge is -2.06. The molecule has 0 amide bonds. The van der Waals surface area contributed by atoms with Crippen molar-refractivity contribution in [1.82, 2.24) is 14.5 Å². The lowest BCUT2D eigenvalue weighted by atomic mass is 10.2. The summed E-state index contributed by atoms with van der Waals surface area (Å²) in [4.78, 5) is 8.61. The number of halogens is 2. The minimum Gasteiger partial charge on any atom is -0.328 e. The maximum Gasteiger partial charge on any atom is 0.145 e. The quantitative estimate of drug-likeness (QED) is 0.666.